The molecule has 192 valence electrons. The van der Waals surface area contributed by atoms with Gasteiger partial charge in [-0.15, -0.1) is 13.2 Å². The van der Waals surface area contributed by atoms with Crippen LogP contribution < -0.4 is 14.9 Å². The van der Waals surface area contributed by atoms with Crippen LogP contribution in [-0.2, 0) is 12.8 Å². The molecule has 0 aliphatic heterocycles. The SMILES string of the molecule is COc1c(-c2ccc(OC(F)(F)F)cc2)oc2c(CC=C(C)C)c(O)c(CC=C(C)C)c(O)c2c1=O. The number of rotatable bonds is 7. The zero-order valence-corrected chi connectivity index (χ0v) is 20.5. The first-order valence-corrected chi connectivity index (χ1v) is 11.1. The minimum absolute atomic E-state index is 0.0418. The average molecular weight is 505 g/mol. The molecule has 0 amide bonds. The second-order valence-electron chi connectivity index (χ2n) is 8.70. The minimum Gasteiger partial charge on any atom is -0.507 e. The van der Waals surface area contributed by atoms with E-state index in [4.69, 9.17) is 9.15 Å². The first-order valence-electron chi connectivity index (χ1n) is 11.1. The van der Waals surface area contributed by atoms with Gasteiger partial charge in [0.2, 0.25) is 11.2 Å². The van der Waals surface area contributed by atoms with Crippen LogP contribution in [0.4, 0.5) is 13.2 Å². The van der Waals surface area contributed by atoms with Gasteiger partial charge in [0.15, 0.2) is 5.76 Å². The van der Waals surface area contributed by atoms with E-state index in [0.717, 1.165) is 23.3 Å². The van der Waals surface area contributed by atoms with Crippen molar-refractivity contribution >= 4 is 11.0 Å². The smallest absolute Gasteiger partial charge is 0.507 e. The fourth-order valence-corrected chi connectivity index (χ4v) is 3.68. The first kappa shape index (κ1) is 26.7. The van der Waals surface area contributed by atoms with Gasteiger partial charge in [-0.1, -0.05) is 23.3 Å². The molecule has 2 N–H and O–H groups in total. The monoisotopic (exact) mass is 504 g/mol. The number of fused-ring (bicyclic) bond motifs is 1. The lowest BCUT2D eigenvalue weighted by Crippen LogP contribution is -2.17. The summed E-state index contributed by atoms with van der Waals surface area (Å²) in [6, 6.07) is 4.72. The lowest BCUT2D eigenvalue weighted by atomic mass is 9.96. The number of hydrogen-bond donors (Lipinski definition) is 2. The number of benzene rings is 2. The quantitative estimate of drug-likeness (QED) is 0.344. The summed E-state index contributed by atoms with van der Waals surface area (Å²) >= 11 is 0. The Bertz CT molecular complexity index is 1390. The van der Waals surface area contributed by atoms with Gasteiger partial charge in [0, 0.05) is 16.7 Å². The maximum absolute atomic E-state index is 13.5. The molecular weight excluding hydrogens is 477 g/mol. The average Bonchev–Trinajstić information content (AvgIpc) is 2.77. The molecule has 0 aliphatic rings. The van der Waals surface area contributed by atoms with Gasteiger partial charge in [0.25, 0.3) is 0 Å². The Kier molecular flexibility index (Phi) is 7.71. The second kappa shape index (κ2) is 10.4. The fraction of sp³-hybridized carbons (Fsp3) is 0.296. The highest BCUT2D eigenvalue weighted by atomic mass is 19.4. The van der Waals surface area contributed by atoms with E-state index in [1.165, 1.54) is 19.2 Å². The first-order chi connectivity index (χ1) is 16.8. The molecule has 6 nitrogen and oxygen atoms in total. The van der Waals surface area contributed by atoms with E-state index in [2.05, 4.69) is 4.74 Å². The number of alkyl halides is 3. The predicted octanol–water partition coefficient (Wildman–Crippen LogP) is 6.80. The molecule has 0 saturated carbocycles. The molecule has 2 aromatic carbocycles. The molecule has 0 atom stereocenters. The van der Waals surface area contributed by atoms with E-state index >= 15 is 0 Å². The zero-order valence-electron chi connectivity index (χ0n) is 20.5. The summed E-state index contributed by atoms with van der Waals surface area (Å²) in [5.74, 6) is -1.38. The van der Waals surface area contributed by atoms with Gasteiger partial charge in [0.1, 0.15) is 28.2 Å². The molecule has 0 spiro atoms. The zero-order chi connectivity index (χ0) is 26.8. The van der Waals surface area contributed by atoms with Crippen LogP contribution >= 0.6 is 0 Å². The van der Waals surface area contributed by atoms with Crippen molar-refractivity contribution in [2.45, 2.75) is 46.9 Å². The molecule has 0 bridgehead atoms. The summed E-state index contributed by atoms with van der Waals surface area (Å²) < 4.78 is 52.8. The second-order valence-corrected chi connectivity index (χ2v) is 8.70. The summed E-state index contributed by atoms with van der Waals surface area (Å²) in [5.41, 5.74) is 1.89. The lowest BCUT2D eigenvalue weighted by molar-refractivity contribution is -0.274. The Morgan fingerprint density at radius 3 is 2.00 bits per heavy atom. The molecule has 0 saturated heterocycles. The highest BCUT2D eigenvalue weighted by Crippen LogP contribution is 2.43. The number of aromatic hydroxyl groups is 2. The molecular formula is C27H27F3O6. The molecule has 1 heterocycles. The molecule has 0 fully saturated rings. The number of allylic oxidation sites excluding steroid dienone is 4. The third-order valence-corrected chi connectivity index (χ3v) is 5.42. The molecule has 36 heavy (non-hydrogen) atoms. The van der Waals surface area contributed by atoms with Crippen molar-refractivity contribution in [1.82, 2.24) is 0 Å². The van der Waals surface area contributed by atoms with Crippen LogP contribution in [-0.4, -0.2) is 23.7 Å². The van der Waals surface area contributed by atoms with Gasteiger partial charge in [-0.05, 0) is 64.8 Å². The third kappa shape index (κ3) is 5.67. The third-order valence-electron chi connectivity index (χ3n) is 5.42. The van der Waals surface area contributed by atoms with Crippen molar-refractivity contribution in [2.24, 2.45) is 0 Å². The topological polar surface area (TPSA) is 89.1 Å². The van der Waals surface area contributed by atoms with Crippen molar-refractivity contribution in [1.29, 1.82) is 0 Å². The standard InChI is InChI=1S/C27H27F3O6/c1-14(2)6-12-18-21(31)19(13-7-15(3)4)25-20(22(18)32)23(33)26(34-5)24(35-25)16-8-10-17(11-9-16)36-27(28,29)30/h6-11,31-32H,12-13H2,1-5H3. The lowest BCUT2D eigenvalue weighted by Gasteiger charge is -2.16. The van der Waals surface area contributed by atoms with E-state index in [1.807, 2.05) is 39.8 Å². The van der Waals surface area contributed by atoms with Gasteiger partial charge in [-0.25, -0.2) is 0 Å². The predicted molar refractivity (Wildman–Crippen MR) is 131 cm³/mol. The van der Waals surface area contributed by atoms with Gasteiger partial charge in [-0.2, -0.15) is 0 Å². The number of ether oxygens (including phenoxy) is 2. The highest BCUT2D eigenvalue weighted by Gasteiger charge is 2.31. The van der Waals surface area contributed by atoms with E-state index in [-0.39, 0.29) is 52.2 Å². The highest BCUT2D eigenvalue weighted by molar-refractivity contribution is 5.93. The van der Waals surface area contributed by atoms with Gasteiger partial charge < -0.3 is 24.1 Å². The number of methoxy groups -OCH3 is 1. The van der Waals surface area contributed by atoms with E-state index in [1.54, 1.807) is 0 Å². The van der Waals surface area contributed by atoms with Crippen LogP contribution in [0.1, 0.15) is 38.8 Å². The maximum atomic E-state index is 13.5. The van der Waals surface area contributed by atoms with E-state index in [9.17, 15) is 28.2 Å². The normalized spacial score (nSPS) is 11.3. The van der Waals surface area contributed by atoms with Gasteiger partial charge in [-0.3, -0.25) is 4.79 Å². The van der Waals surface area contributed by atoms with Crippen molar-refractivity contribution in [3.05, 3.63) is 68.9 Å². The van der Waals surface area contributed by atoms with Crippen molar-refractivity contribution < 1.29 is 37.3 Å². The molecule has 0 unspecified atom stereocenters. The maximum Gasteiger partial charge on any atom is 0.573 e. The van der Waals surface area contributed by atoms with E-state index < -0.39 is 23.3 Å². The summed E-state index contributed by atoms with van der Waals surface area (Å²) in [5, 5.41) is 21.9. The number of hydrogen-bond acceptors (Lipinski definition) is 6. The van der Waals surface area contributed by atoms with Crippen molar-refractivity contribution in [2.75, 3.05) is 7.11 Å². The summed E-state index contributed by atoms with van der Waals surface area (Å²) in [7, 11) is 1.24. The molecule has 3 rings (SSSR count). The van der Waals surface area contributed by atoms with Gasteiger partial charge >= 0.3 is 6.36 Å². The Hall–Kier alpha value is -3.88. The number of phenols is 2. The van der Waals surface area contributed by atoms with Crippen LogP contribution in [0.15, 0.2) is 56.8 Å². The summed E-state index contributed by atoms with van der Waals surface area (Å²) in [6.07, 6.45) is -0.818. The van der Waals surface area contributed by atoms with Crippen molar-refractivity contribution in [3.63, 3.8) is 0 Å². The Morgan fingerprint density at radius 2 is 1.50 bits per heavy atom. The summed E-state index contributed by atoms with van der Waals surface area (Å²) in [4.78, 5) is 13.5. The Balaban J connectivity index is 2.34. The summed E-state index contributed by atoms with van der Waals surface area (Å²) in [6.45, 7) is 7.49. The van der Waals surface area contributed by atoms with Crippen LogP contribution in [0.2, 0.25) is 0 Å². The molecule has 3 aromatic rings. The number of phenolic OH excluding ortho intramolecular Hbond substituents is 2. The van der Waals surface area contributed by atoms with Crippen LogP contribution in [0.25, 0.3) is 22.3 Å². The Morgan fingerprint density at radius 1 is 0.944 bits per heavy atom. The van der Waals surface area contributed by atoms with E-state index in [0.29, 0.717) is 5.56 Å². The molecule has 0 aliphatic carbocycles. The van der Waals surface area contributed by atoms with Crippen LogP contribution in [0, 0.1) is 0 Å². The van der Waals surface area contributed by atoms with Crippen LogP contribution in [0.3, 0.4) is 0 Å². The fourth-order valence-electron chi connectivity index (χ4n) is 3.68. The van der Waals surface area contributed by atoms with Crippen molar-refractivity contribution in [3.8, 4) is 34.3 Å². The van der Waals surface area contributed by atoms with Gasteiger partial charge in [0.05, 0.1) is 7.11 Å². The minimum atomic E-state index is -4.85. The Labute approximate surface area is 205 Å². The molecule has 9 heteroatoms. The molecule has 0 radical (unpaired) electrons. The largest absolute Gasteiger partial charge is 0.573 e. The number of halogens is 3. The van der Waals surface area contributed by atoms with Crippen LogP contribution in [0.5, 0.6) is 23.0 Å². The molecule has 1 aromatic heterocycles.